The van der Waals surface area contributed by atoms with Gasteiger partial charge in [0.25, 0.3) is 0 Å². The SMILES string of the molecule is O=C(Cc1ccc(Cl)cc1)NN1CCOC1=O. The lowest BCUT2D eigenvalue weighted by molar-refractivity contribution is -0.123. The highest BCUT2D eigenvalue weighted by Gasteiger charge is 2.23. The Kier molecular flexibility index (Phi) is 3.49. The number of cyclic esters (lactones) is 1. The zero-order chi connectivity index (χ0) is 12.3. The number of hydrazine groups is 1. The smallest absolute Gasteiger partial charge is 0.428 e. The second-order valence-electron chi connectivity index (χ2n) is 3.60. The first kappa shape index (κ1) is 11.7. The fourth-order valence-corrected chi connectivity index (χ4v) is 1.60. The second-order valence-corrected chi connectivity index (χ2v) is 4.04. The average Bonchev–Trinajstić information content (AvgIpc) is 2.68. The van der Waals surface area contributed by atoms with Crippen LogP contribution in [0.15, 0.2) is 24.3 Å². The van der Waals surface area contributed by atoms with Gasteiger partial charge in [0, 0.05) is 5.02 Å². The van der Waals surface area contributed by atoms with Crippen LogP contribution in [-0.4, -0.2) is 30.2 Å². The van der Waals surface area contributed by atoms with E-state index in [4.69, 9.17) is 11.6 Å². The molecule has 0 spiro atoms. The average molecular weight is 255 g/mol. The molecule has 0 aliphatic carbocycles. The lowest BCUT2D eigenvalue weighted by atomic mass is 10.1. The molecule has 0 radical (unpaired) electrons. The maximum Gasteiger partial charge on any atom is 0.428 e. The van der Waals surface area contributed by atoms with Crippen molar-refractivity contribution >= 4 is 23.6 Å². The van der Waals surface area contributed by atoms with Crippen molar-refractivity contribution in [3.8, 4) is 0 Å². The molecule has 2 amide bonds. The standard InChI is InChI=1S/C11H11ClN2O3/c12-9-3-1-8(2-4-9)7-10(15)13-14-5-6-17-11(14)16/h1-4H,5-7H2,(H,13,15). The number of rotatable bonds is 3. The van der Waals surface area contributed by atoms with Gasteiger partial charge in [0.05, 0.1) is 13.0 Å². The summed E-state index contributed by atoms with van der Waals surface area (Å²) in [6.07, 6.45) is -0.324. The van der Waals surface area contributed by atoms with Crippen LogP contribution in [0, 0.1) is 0 Å². The second kappa shape index (κ2) is 5.05. The first-order valence-electron chi connectivity index (χ1n) is 5.13. The fraction of sp³-hybridized carbons (Fsp3) is 0.273. The summed E-state index contributed by atoms with van der Waals surface area (Å²) in [5.41, 5.74) is 3.31. The molecule has 6 heteroatoms. The number of amides is 2. The third-order valence-corrected chi connectivity index (χ3v) is 2.55. The van der Waals surface area contributed by atoms with Crippen LogP contribution in [0.3, 0.4) is 0 Å². The van der Waals surface area contributed by atoms with Crippen molar-refractivity contribution in [2.24, 2.45) is 0 Å². The quantitative estimate of drug-likeness (QED) is 0.886. The maximum atomic E-state index is 11.6. The van der Waals surface area contributed by atoms with Crippen LogP contribution >= 0.6 is 11.6 Å². The van der Waals surface area contributed by atoms with Gasteiger partial charge in [0.1, 0.15) is 6.61 Å². The Morgan fingerprint density at radius 2 is 2.12 bits per heavy atom. The van der Waals surface area contributed by atoms with Crippen LogP contribution in [0.4, 0.5) is 4.79 Å². The van der Waals surface area contributed by atoms with Gasteiger partial charge in [0.2, 0.25) is 5.91 Å². The van der Waals surface area contributed by atoms with Crippen molar-refractivity contribution in [2.75, 3.05) is 13.2 Å². The number of hydrogen-bond acceptors (Lipinski definition) is 3. The number of nitrogens with one attached hydrogen (secondary N) is 1. The predicted octanol–water partition coefficient (Wildman–Crippen LogP) is 1.37. The molecule has 1 heterocycles. The van der Waals surface area contributed by atoms with Crippen LogP contribution < -0.4 is 5.43 Å². The number of ether oxygens (including phenoxy) is 1. The molecule has 1 fully saturated rings. The highest BCUT2D eigenvalue weighted by Crippen LogP contribution is 2.10. The van der Waals surface area contributed by atoms with Gasteiger partial charge in [-0.05, 0) is 17.7 Å². The topological polar surface area (TPSA) is 58.6 Å². The van der Waals surface area contributed by atoms with Gasteiger partial charge >= 0.3 is 6.09 Å². The zero-order valence-electron chi connectivity index (χ0n) is 8.98. The van der Waals surface area contributed by atoms with E-state index in [1.165, 1.54) is 0 Å². The molecule has 0 bridgehead atoms. The number of carbonyl (C=O) groups excluding carboxylic acids is 2. The number of benzene rings is 1. The Labute approximate surface area is 103 Å². The Hall–Kier alpha value is -1.75. The molecule has 1 N–H and O–H groups in total. The van der Waals surface area contributed by atoms with Crippen molar-refractivity contribution < 1.29 is 14.3 Å². The van der Waals surface area contributed by atoms with E-state index >= 15 is 0 Å². The highest BCUT2D eigenvalue weighted by molar-refractivity contribution is 6.30. The van der Waals surface area contributed by atoms with Gasteiger partial charge in [0.15, 0.2) is 0 Å². The first-order valence-corrected chi connectivity index (χ1v) is 5.51. The van der Waals surface area contributed by atoms with Crippen LogP contribution in [0.5, 0.6) is 0 Å². The minimum atomic E-state index is -0.519. The molecule has 1 aromatic rings. The van der Waals surface area contributed by atoms with Crippen molar-refractivity contribution in [1.82, 2.24) is 10.4 Å². The molecule has 0 saturated carbocycles. The van der Waals surface area contributed by atoms with E-state index in [0.29, 0.717) is 18.2 Å². The van der Waals surface area contributed by atoms with Gasteiger partial charge < -0.3 is 4.74 Å². The molecule has 1 aromatic carbocycles. The third-order valence-electron chi connectivity index (χ3n) is 2.30. The van der Waals surface area contributed by atoms with Crippen molar-refractivity contribution in [3.63, 3.8) is 0 Å². The van der Waals surface area contributed by atoms with Crippen LogP contribution in [-0.2, 0) is 16.0 Å². The van der Waals surface area contributed by atoms with Gasteiger partial charge in [-0.15, -0.1) is 0 Å². The monoisotopic (exact) mass is 254 g/mol. The molecule has 0 aromatic heterocycles. The van der Waals surface area contributed by atoms with Gasteiger partial charge in [-0.2, -0.15) is 0 Å². The lowest BCUT2D eigenvalue weighted by Gasteiger charge is -2.13. The maximum absolute atomic E-state index is 11.6. The van der Waals surface area contributed by atoms with E-state index in [1.54, 1.807) is 24.3 Å². The van der Waals surface area contributed by atoms with E-state index in [0.717, 1.165) is 10.6 Å². The van der Waals surface area contributed by atoms with E-state index in [-0.39, 0.29) is 12.3 Å². The van der Waals surface area contributed by atoms with Gasteiger partial charge in [-0.1, -0.05) is 23.7 Å². The lowest BCUT2D eigenvalue weighted by Crippen LogP contribution is -2.43. The third kappa shape index (κ3) is 3.10. The first-order chi connectivity index (χ1) is 8.15. The van der Waals surface area contributed by atoms with Crippen molar-refractivity contribution in [3.05, 3.63) is 34.9 Å². The molecule has 90 valence electrons. The van der Waals surface area contributed by atoms with E-state index in [9.17, 15) is 9.59 Å². The summed E-state index contributed by atoms with van der Waals surface area (Å²) in [6, 6.07) is 6.97. The summed E-state index contributed by atoms with van der Waals surface area (Å²) >= 11 is 5.73. The predicted molar refractivity (Wildman–Crippen MR) is 61.4 cm³/mol. The Bertz CT molecular complexity index is 433. The van der Waals surface area contributed by atoms with Crippen LogP contribution in [0.2, 0.25) is 5.02 Å². The summed E-state index contributed by atoms with van der Waals surface area (Å²) in [5, 5.41) is 1.79. The van der Waals surface area contributed by atoms with Crippen LogP contribution in [0.25, 0.3) is 0 Å². The summed E-state index contributed by atoms with van der Waals surface area (Å²) < 4.78 is 4.69. The molecule has 1 aliphatic rings. The van der Waals surface area contributed by atoms with Crippen molar-refractivity contribution in [2.45, 2.75) is 6.42 Å². The summed E-state index contributed by atoms with van der Waals surface area (Å²) in [5.74, 6) is -0.258. The largest absolute Gasteiger partial charge is 0.446 e. The summed E-state index contributed by atoms with van der Waals surface area (Å²) in [7, 11) is 0. The molecule has 0 atom stereocenters. The van der Waals surface area contributed by atoms with Crippen molar-refractivity contribution in [1.29, 1.82) is 0 Å². The van der Waals surface area contributed by atoms with Crippen LogP contribution in [0.1, 0.15) is 5.56 Å². The minimum absolute atomic E-state index is 0.195. The number of nitrogens with zero attached hydrogens (tertiary/aromatic N) is 1. The Morgan fingerprint density at radius 3 is 2.71 bits per heavy atom. The van der Waals surface area contributed by atoms with E-state index < -0.39 is 6.09 Å². The molecule has 17 heavy (non-hydrogen) atoms. The molecule has 1 saturated heterocycles. The fourth-order valence-electron chi connectivity index (χ4n) is 1.47. The molecule has 2 rings (SSSR count). The summed E-state index contributed by atoms with van der Waals surface area (Å²) in [4.78, 5) is 22.7. The van der Waals surface area contributed by atoms with E-state index in [2.05, 4.69) is 10.2 Å². The zero-order valence-corrected chi connectivity index (χ0v) is 9.74. The van der Waals surface area contributed by atoms with Gasteiger partial charge in [-0.3, -0.25) is 10.2 Å². The molecular formula is C11H11ClN2O3. The van der Waals surface area contributed by atoms with E-state index in [1.807, 2.05) is 0 Å². The number of hydrogen-bond donors (Lipinski definition) is 1. The number of halogens is 1. The minimum Gasteiger partial charge on any atom is -0.446 e. The summed E-state index contributed by atoms with van der Waals surface area (Å²) in [6.45, 7) is 0.686. The molecular weight excluding hydrogens is 244 g/mol. The highest BCUT2D eigenvalue weighted by atomic mass is 35.5. The molecule has 1 aliphatic heterocycles. The number of carbonyl (C=O) groups is 2. The molecule has 0 unspecified atom stereocenters. The van der Waals surface area contributed by atoms with Gasteiger partial charge in [-0.25, -0.2) is 9.80 Å². The Balaban J connectivity index is 1.88. The normalized spacial score (nSPS) is 14.6. The molecule has 5 nitrogen and oxygen atoms in total. The Morgan fingerprint density at radius 1 is 1.41 bits per heavy atom.